The first-order valence-electron chi connectivity index (χ1n) is 8.21. The van der Waals surface area contributed by atoms with Crippen molar-refractivity contribution in [1.82, 2.24) is 0 Å². The van der Waals surface area contributed by atoms with E-state index in [1.165, 1.54) is 6.07 Å². The quantitative estimate of drug-likeness (QED) is 0.471. The smallest absolute Gasteiger partial charge is 0.154 e. The van der Waals surface area contributed by atoms with Gasteiger partial charge < -0.3 is 15.9 Å². The van der Waals surface area contributed by atoms with E-state index in [0.717, 1.165) is 27.1 Å². The molecule has 0 fully saturated rings. The van der Waals surface area contributed by atoms with Gasteiger partial charge in [-0.2, -0.15) is 0 Å². The summed E-state index contributed by atoms with van der Waals surface area (Å²) in [6.45, 7) is 0.368. The summed E-state index contributed by atoms with van der Waals surface area (Å²) in [4.78, 5) is 10.7. The molecule has 0 radical (unpaired) electrons. The molecule has 0 spiro atoms. The summed E-state index contributed by atoms with van der Waals surface area (Å²) in [5, 5.41) is 22.8. The number of aldehydes is 1. The lowest BCUT2D eigenvalue weighted by Crippen LogP contribution is -1.97. The van der Waals surface area contributed by atoms with Gasteiger partial charge >= 0.3 is 0 Å². The zero-order chi connectivity index (χ0) is 18.5. The van der Waals surface area contributed by atoms with Crippen LogP contribution in [0.4, 0.5) is 0 Å². The second-order valence-electron chi connectivity index (χ2n) is 5.83. The fraction of sp³-hybridized carbons (Fsp3) is 0.0455. The molecule has 0 bridgehead atoms. The molecule has 0 amide bonds. The van der Waals surface area contributed by atoms with E-state index in [1.54, 1.807) is 12.1 Å². The number of aromatic hydroxyl groups is 2. The van der Waals surface area contributed by atoms with Crippen molar-refractivity contribution in [3.8, 4) is 11.5 Å². The Hall–Kier alpha value is -3.37. The van der Waals surface area contributed by atoms with E-state index in [0.29, 0.717) is 18.4 Å². The van der Waals surface area contributed by atoms with Gasteiger partial charge in [0, 0.05) is 12.1 Å². The van der Waals surface area contributed by atoms with E-state index >= 15 is 0 Å². The summed E-state index contributed by atoms with van der Waals surface area (Å²) in [5.74, 6) is 0.315. The maximum Gasteiger partial charge on any atom is 0.154 e. The van der Waals surface area contributed by atoms with Crippen LogP contribution in [0.1, 0.15) is 15.9 Å². The lowest BCUT2D eigenvalue weighted by molar-refractivity contribution is 0.112. The lowest BCUT2D eigenvalue weighted by atomic mass is 10.0. The van der Waals surface area contributed by atoms with E-state index < -0.39 is 0 Å². The second kappa shape index (κ2) is 7.68. The first kappa shape index (κ1) is 17.5. The summed E-state index contributed by atoms with van der Waals surface area (Å²) < 4.78 is 0. The molecule has 4 rings (SSSR count). The average Bonchev–Trinajstić information content (AvgIpc) is 2.68. The molecular weight excluding hydrogens is 326 g/mol. The van der Waals surface area contributed by atoms with Crippen LogP contribution in [0.25, 0.3) is 21.5 Å². The third kappa shape index (κ3) is 3.36. The molecule has 0 heterocycles. The first-order valence-corrected chi connectivity index (χ1v) is 8.21. The zero-order valence-corrected chi connectivity index (χ0v) is 14.1. The largest absolute Gasteiger partial charge is 0.508 e. The lowest BCUT2D eigenvalue weighted by Gasteiger charge is -2.05. The Kier molecular flexibility index (Phi) is 5.15. The van der Waals surface area contributed by atoms with Gasteiger partial charge in [0.2, 0.25) is 0 Å². The average molecular weight is 345 g/mol. The van der Waals surface area contributed by atoms with Crippen LogP contribution in [-0.4, -0.2) is 16.5 Å². The van der Waals surface area contributed by atoms with Crippen molar-refractivity contribution in [2.45, 2.75) is 6.54 Å². The minimum atomic E-state index is 0.0358. The molecule has 0 saturated heterocycles. The molecule has 130 valence electrons. The van der Waals surface area contributed by atoms with Gasteiger partial charge in [-0.1, -0.05) is 60.7 Å². The van der Waals surface area contributed by atoms with Gasteiger partial charge in [-0.15, -0.1) is 0 Å². The highest BCUT2D eigenvalue weighted by molar-refractivity contribution is 6.00. The van der Waals surface area contributed by atoms with Crippen molar-refractivity contribution in [2.75, 3.05) is 0 Å². The van der Waals surface area contributed by atoms with Gasteiger partial charge in [-0.3, -0.25) is 4.79 Å². The van der Waals surface area contributed by atoms with Crippen LogP contribution in [0.2, 0.25) is 0 Å². The third-order valence-electron chi connectivity index (χ3n) is 4.29. The maximum absolute atomic E-state index is 10.7. The molecule has 0 aliphatic heterocycles. The van der Waals surface area contributed by atoms with Crippen molar-refractivity contribution in [1.29, 1.82) is 0 Å². The van der Waals surface area contributed by atoms with Crippen molar-refractivity contribution in [3.63, 3.8) is 0 Å². The van der Waals surface area contributed by atoms with Crippen molar-refractivity contribution >= 4 is 27.8 Å². The molecule has 26 heavy (non-hydrogen) atoms. The predicted octanol–water partition coefficient (Wildman–Crippen LogP) is 4.36. The number of rotatable bonds is 2. The monoisotopic (exact) mass is 345 g/mol. The number of phenols is 2. The summed E-state index contributed by atoms with van der Waals surface area (Å²) in [5.41, 5.74) is 6.73. The molecule has 4 heteroatoms. The van der Waals surface area contributed by atoms with Crippen LogP contribution >= 0.6 is 0 Å². The van der Waals surface area contributed by atoms with Crippen LogP contribution in [0.5, 0.6) is 11.5 Å². The molecule has 0 aliphatic rings. The van der Waals surface area contributed by atoms with E-state index in [1.807, 2.05) is 54.6 Å². The van der Waals surface area contributed by atoms with Gasteiger partial charge in [0.15, 0.2) is 6.29 Å². The molecule has 4 nitrogen and oxygen atoms in total. The van der Waals surface area contributed by atoms with Crippen molar-refractivity contribution in [2.24, 2.45) is 5.73 Å². The molecule has 0 aromatic heterocycles. The number of nitrogens with two attached hydrogens (primary N) is 1. The topological polar surface area (TPSA) is 83.5 Å². The van der Waals surface area contributed by atoms with E-state index in [4.69, 9.17) is 5.73 Å². The highest BCUT2D eigenvalue weighted by Crippen LogP contribution is 2.26. The zero-order valence-electron chi connectivity index (χ0n) is 14.1. The molecular formula is C22H19NO3. The van der Waals surface area contributed by atoms with Crippen LogP contribution in [-0.2, 0) is 6.54 Å². The standard InChI is InChI=1S/C11H11NO.C11H8O2/c2*12-7-10-9-4-2-1-3-8(9)5-6-11(10)13/h1-6,13H,7,12H2;1-7,13H. The molecule has 0 unspecified atom stereocenters. The van der Waals surface area contributed by atoms with E-state index in [9.17, 15) is 15.0 Å². The number of carbonyl (C=O) groups is 1. The summed E-state index contributed by atoms with van der Waals surface area (Å²) >= 11 is 0. The molecule has 0 aliphatic carbocycles. The number of phenolic OH excluding ortho intramolecular Hbond substituents is 2. The maximum atomic E-state index is 10.7. The molecule has 4 aromatic carbocycles. The Morgan fingerprint density at radius 1 is 0.731 bits per heavy atom. The van der Waals surface area contributed by atoms with Crippen molar-refractivity contribution < 1.29 is 15.0 Å². The SMILES string of the molecule is NCc1c(O)ccc2ccccc12.O=Cc1c(O)ccc2ccccc12. The van der Waals surface area contributed by atoms with Crippen LogP contribution in [0.3, 0.4) is 0 Å². The van der Waals surface area contributed by atoms with Crippen molar-refractivity contribution in [3.05, 3.63) is 83.9 Å². The number of hydrogen-bond donors (Lipinski definition) is 3. The third-order valence-corrected chi connectivity index (χ3v) is 4.29. The molecule has 4 N–H and O–H groups in total. The predicted molar refractivity (Wildman–Crippen MR) is 105 cm³/mol. The Bertz CT molecular complexity index is 1070. The number of carbonyl (C=O) groups excluding carboxylic acids is 1. The van der Waals surface area contributed by atoms with Gasteiger partial charge in [-0.25, -0.2) is 0 Å². The van der Waals surface area contributed by atoms with Gasteiger partial charge in [0.1, 0.15) is 11.5 Å². The van der Waals surface area contributed by atoms with Crippen LogP contribution in [0, 0.1) is 0 Å². The van der Waals surface area contributed by atoms with E-state index in [2.05, 4.69) is 0 Å². The number of hydrogen-bond acceptors (Lipinski definition) is 4. The summed E-state index contributed by atoms with van der Waals surface area (Å²) in [7, 11) is 0. The number of benzene rings is 4. The molecule has 4 aromatic rings. The van der Waals surface area contributed by atoms with Crippen LogP contribution in [0.15, 0.2) is 72.8 Å². The minimum Gasteiger partial charge on any atom is -0.508 e. The first-order chi connectivity index (χ1) is 12.7. The Morgan fingerprint density at radius 2 is 1.27 bits per heavy atom. The fourth-order valence-electron chi connectivity index (χ4n) is 2.95. The Balaban J connectivity index is 0.000000151. The Labute approximate surface area is 151 Å². The highest BCUT2D eigenvalue weighted by Gasteiger charge is 2.04. The normalized spacial score (nSPS) is 10.3. The summed E-state index contributed by atoms with van der Waals surface area (Å²) in [6, 6.07) is 22.3. The van der Waals surface area contributed by atoms with Gasteiger partial charge in [0.25, 0.3) is 0 Å². The molecule has 0 saturated carbocycles. The minimum absolute atomic E-state index is 0.0358. The summed E-state index contributed by atoms with van der Waals surface area (Å²) in [6.07, 6.45) is 0.678. The second-order valence-corrected chi connectivity index (χ2v) is 5.83. The molecule has 0 atom stereocenters. The Morgan fingerprint density at radius 3 is 1.88 bits per heavy atom. The van der Waals surface area contributed by atoms with E-state index in [-0.39, 0.29) is 11.5 Å². The van der Waals surface area contributed by atoms with Gasteiger partial charge in [-0.05, 0) is 33.7 Å². The number of fused-ring (bicyclic) bond motifs is 2. The fourth-order valence-corrected chi connectivity index (χ4v) is 2.95. The highest BCUT2D eigenvalue weighted by atomic mass is 16.3. The van der Waals surface area contributed by atoms with Gasteiger partial charge in [0.05, 0.1) is 5.56 Å². The van der Waals surface area contributed by atoms with Crippen LogP contribution < -0.4 is 5.73 Å².